The summed E-state index contributed by atoms with van der Waals surface area (Å²) in [5.41, 5.74) is 1.40. The number of halogens is 1. The minimum absolute atomic E-state index is 0.129. The highest BCUT2D eigenvalue weighted by molar-refractivity contribution is 7.91. The van der Waals surface area contributed by atoms with Crippen molar-refractivity contribution in [2.75, 3.05) is 6.54 Å². The Hall–Kier alpha value is -0.890. The zero-order valence-corrected chi connectivity index (χ0v) is 13.2. The number of nitrogens with zero attached hydrogens (tertiary/aromatic N) is 2. The molecular weight excluding hydrogens is 318 g/mol. The summed E-state index contributed by atoms with van der Waals surface area (Å²) in [7, 11) is -3.54. The van der Waals surface area contributed by atoms with Gasteiger partial charge in [0.15, 0.2) is 8.68 Å². The Kier molecular flexibility index (Phi) is 3.62. The summed E-state index contributed by atoms with van der Waals surface area (Å²) < 4.78 is 27.7. The van der Waals surface area contributed by atoms with Crippen molar-refractivity contribution in [1.82, 2.24) is 14.3 Å². The van der Waals surface area contributed by atoms with Crippen LogP contribution in [-0.4, -0.2) is 29.2 Å². The molecule has 1 aliphatic heterocycles. The molecule has 1 aliphatic rings. The maximum atomic E-state index is 12.8. The number of aromatic nitrogens is 2. The molecule has 0 bridgehead atoms. The molecule has 0 spiro atoms. The van der Waals surface area contributed by atoms with E-state index in [-0.39, 0.29) is 14.7 Å². The predicted molar refractivity (Wildman–Crippen MR) is 78.5 cm³/mol. The minimum atomic E-state index is -3.54. The molecule has 108 valence electrons. The maximum Gasteiger partial charge on any atom is 0.255 e. The van der Waals surface area contributed by atoms with E-state index in [1.807, 2.05) is 18.3 Å². The van der Waals surface area contributed by atoms with Crippen molar-refractivity contribution in [1.29, 1.82) is 0 Å². The van der Waals surface area contributed by atoms with Crippen molar-refractivity contribution in [2.45, 2.75) is 30.0 Å². The Morgan fingerprint density at radius 2 is 2.35 bits per heavy atom. The average Bonchev–Trinajstić information content (AvgIpc) is 3.06. The number of aromatic amines is 1. The van der Waals surface area contributed by atoms with E-state index < -0.39 is 10.0 Å². The van der Waals surface area contributed by atoms with Crippen LogP contribution in [0.15, 0.2) is 22.5 Å². The van der Waals surface area contributed by atoms with Crippen LogP contribution >= 0.6 is 22.9 Å². The highest BCUT2D eigenvalue weighted by Crippen LogP contribution is 2.38. The number of thiazole rings is 1. The Morgan fingerprint density at radius 1 is 1.55 bits per heavy atom. The van der Waals surface area contributed by atoms with Gasteiger partial charge in [0.1, 0.15) is 0 Å². The third-order valence-electron chi connectivity index (χ3n) is 3.46. The number of hydrogen-bond acceptors (Lipinski definition) is 4. The van der Waals surface area contributed by atoms with Crippen LogP contribution in [-0.2, 0) is 10.0 Å². The van der Waals surface area contributed by atoms with Gasteiger partial charge in [-0.3, -0.25) is 0 Å². The van der Waals surface area contributed by atoms with Gasteiger partial charge in [-0.25, -0.2) is 13.4 Å². The Labute approximate surface area is 126 Å². The molecule has 1 fully saturated rings. The lowest BCUT2D eigenvalue weighted by atomic mass is 10.2. The number of aryl methyl sites for hydroxylation is 1. The van der Waals surface area contributed by atoms with Gasteiger partial charge in [-0.2, -0.15) is 4.31 Å². The summed E-state index contributed by atoms with van der Waals surface area (Å²) in [4.78, 5) is 7.11. The SMILES string of the molecule is Cc1nc(Cl)sc1S(=O)(=O)N1CCCC1c1ccc[nH]1. The van der Waals surface area contributed by atoms with Crippen LogP contribution in [0.4, 0.5) is 0 Å². The molecule has 2 aromatic heterocycles. The van der Waals surface area contributed by atoms with Crippen molar-refractivity contribution in [3.8, 4) is 0 Å². The third-order valence-corrected chi connectivity index (χ3v) is 7.21. The summed E-state index contributed by atoms with van der Waals surface area (Å²) in [5.74, 6) is 0. The van der Waals surface area contributed by atoms with Crippen LogP contribution in [0, 0.1) is 6.92 Å². The van der Waals surface area contributed by atoms with Gasteiger partial charge in [0.2, 0.25) is 0 Å². The molecule has 20 heavy (non-hydrogen) atoms. The molecule has 3 heterocycles. The lowest BCUT2D eigenvalue weighted by Gasteiger charge is -2.22. The fraction of sp³-hybridized carbons (Fsp3) is 0.417. The molecule has 1 saturated heterocycles. The molecule has 1 atom stereocenters. The maximum absolute atomic E-state index is 12.8. The number of nitrogens with one attached hydrogen (secondary N) is 1. The van der Waals surface area contributed by atoms with E-state index in [0.717, 1.165) is 29.9 Å². The van der Waals surface area contributed by atoms with Gasteiger partial charge in [-0.05, 0) is 31.9 Å². The fourth-order valence-corrected chi connectivity index (χ4v) is 6.11. The first-order valence-corrected chi connectivity index (χ1v) is 8.91. The van der Waals surface area contributed by atoms with Gasteiger partial charge in [-0.15, -0.1) is 0 Å². The number of H-pyrrole nitrogens is 1. The molecule has 0 saturated carbocycles. The summed E-state index contributed by atoms with van der Waals surface area (Å²) in [6.07, 6.45) is 3.49. The number of hydrogen-bond donors (Lipinski definition) is 1. The molecule has 1 N–H and O–H groups in total. The number of rotatable bonds is 3. The van der Waals surface area contributed by atoms with E-state index in [2.05, 4.69) is 9.97 Å². The van der Waals surface area contributed by atoms with Crippen LogP contribution in [0.2, 0.25) is 4.47 Å². The summed E-state index contributed by atoms with van der Waals surface area (Å²) in [6.45, 7) is 2.20. The fourth-order valence-electron chi connectivity index (χ4n) is 2.59. The Bertz CT molecular complexity index is 709. The lowest BCUT2D eigenvalue weighted by Crippen LogP contribution is -2.30. The molecule has 2 aromatic rings. The topological polar surface area (TPSA) is 66.1 Å². The van der Waals surface area contributed by atoms with E-state index in [0.29, 0.717) is 12.2 Å². The van der Waals surface area contributed by atoms with Crippen LogP contribution in [0.25, 0.3) is 0 Å². The zero-order chi connectivity index (χ0) is 14.3. The largest absolute Gasteiger partial charge is 0.364 e. The standard InChI is InChI=1S/C12H14ClN3O2S2/c1-8-11(19-12(13)15-8)20(17,18)16-7-3-5-10(16)9-4-2-6-14-9/h2,4,6,10,14H,3,5,7H2,1H3. The van der Waals surface area contributed by atoms with Gasteiger partial charge in [0.25, 0.3) is 10.0 Å². The van der Waals surface area contributed by atoms with E-state index in [4.69, 9.17) is 11.6 Å². The van der Waals surface area contributed by atoms with Gasteiger partial charge in [0, 0.05) is 18.4 Å². The summed E-state index contributed by atoms with van der Waals surface area (Å²) in [6, 6.07) is 3.67. The molecule has 0 aliphatic carbocycles. The van der Waals surface area contributed by atoms with Gasteiger partial charge < -0.3 is 4.98 Å². The Balaban J connectivity index is 2.00. The zero-order valence-electron chi connectivity index (χ0n) is 10.8. The van der Waals surface area contributed by atoms with Crippen LogP contribution < -0.4 is 0 Å². The minimum Gasteiger partial charge on any atom is -0.364 e. The van der Waals surface area contributed by atoms with Crippen molar-refractivity contribution < 1.29 is 8.42 Å². The van der Waals surface area contributed by atoms with Gasteiger partial charge >= 0.3 is 0 Å². The summed E-state index contributed by atoms with van der Waals surface area (Å²) in [5, 5.41) is 0. The predicted octanol–water partition coefficient (Wildman–Crippen LogP) is 2.96. The smallest absolute Gasteiger partial charge is 0.255 e. The highest BCUT2D eigenvalue weighted by atomic mass is 35.5. The molecule has 0 amide bonds. The second-order valence-corrected chi connectivity index (χ2v) is 8.41. The first-order chi connectivity index (χ1) is 9.50. The number of sulfonamides is 1. The highest BCUT2D eigenvalue weighted by Gasteiger charge is 2.38. The van der Waals surface area contributed by atoms with Crippen molar-refractivity contribution >= 4 is 33.0 Å². The second-order valence-electron chi connectivity index (χ2n) is 4.74. The first-order valence-electron chi connectivity index (χ1n) is 6.28. The molecule has 5 nitrogen and oxygen atoms in total. The lowest BCUT2D eigenvalue weighted by molar-refractivity contribution is 0.392. The van der Waals surface area contributed by atoms with Crippen molar-refractivity contribution in [3.63, 3.8) is 0 Å². The van der Waals surface area contributed by atoms with Crippen LogP contribution in [0.5, 0.6) is 0 Å². The van der Waals surface area contributed by atoms with E-state index in [1.54, 1.807) is 11.2 Å². The molecule has 8 heteroatoms. The second kappa shape index (κ2) is 5.14. The van der Waals surface area contributed by atoms with E-state index in [9.17, 15) is 8.42 Å². The third kappa shape index (κ3) is 2.28. The normalized spacial score (nSPS) is 20.6. The van der Waals surface area contributed by atoms with Crippen LogP contribution in [0.1, 0.15) is 30.3 Å². The van der Waals surface area contributed by atoms with E-state index >= 15 is 0 Å². The van der Waals surface area contributed by atoms with Crippen molar-refractivity contribution in [3.05, 3.63) is 34.2 Å². The molecule has 0 radical (unpaired) electrons. The average molecular weight is 332 g/mol. The van der Waals surface area contributed by atoms with Crippen molar-refractivity contribution in [2.24, 2.45) is 0 Å². The van der Waals surface area contributed by atoms with E-state index in [1.165, 1.54) is 0 Å². The monoisotopic (exact) mass is 331 g/mol. The molecule has 0 aromatic carbocycles. The quantitative estimate of drug-likeness (QED) is 0.940. The summed E-state index contributed by atoms with van der Waals surface area (Å²) >= 11 is 6.85. The molecule has 1 unspecified atom stereocenters. The Morgan fingerprint density at radius 3 is 2.95 bits per heavy atom. The molecular formula is C12H14ClN3O2S2. The van der Waals surface area contributed by atoms with Gasteiger partial charge in [0.05, 0.1) is 11.7 Å². The first kappa shape index (κ1) is 14.1. The van der Waals surface area contributed by atoms with Gasteiger partial charge in [-0.1, -0.05) is 22.9 Å². The van der Waals surface area contributed by atoms with Crippen LogP contribution in [0.3, 0.4) is 0 Å². The molecule has 3 rings (SSSR count).